The van der Waals surface area contributed by atoms with Crippen LogP contribution in [-0.4, -0.2) is 24.5 Å². The molecule has 2 rings (SSSR count). The van der Waals surface area contributed by atoms with Crippen LogP contribution in [0.5, 0.6) is 0 Å². The van der Waals surface area contributed by atoms with Crippen molar-refractivity contribution >= 4 is 0 Å². The lowest BCUT2D eigenvalue weighted by Crippen LogP contribution is -2.34. The molecule has 1 nitrogen and oxygen atoms in total. The molecule has 0 aromatic heterocycles. The highest BCUT2D eigenvalue weighted by atomic mass is 15.1. The molecule has 0 amide bonds. The largest absolute Gasteiger partial charge is 0.303 e. The fourth-order valence-corrected chi connectivity index (χ4v) is 2.96. The summed E-state index contributed by atoms with van der Waals surface area (Å²) in [6.07, 6.45) is 6.60. The summed E-state index contributed by atoms with van der Waals surface area (Å²) in [6, 6.07) is 9.18. The van der Waals surface area contributed by atoms with Crippen molar-refractivity contribution in [3.8, 4) is 0 Å². The first kappa shape index (κ1) is 13.6. The Morgan fingerprint density at radius 2 is 1.61 bits per heavy atom. The molecule has 0 N–H and O–H groups in total. The first-order valence-electron chi connectivity index (χ1n) is 7.58. The van der Waals surface area contributed by atoms with Crippen LogP contribution >= 0.6 is 0 Å². The summed E-state index contributed by atoms with van der Waals surface area (Å²) in [5.74, 6) is 0.774. The molecule has 0 bridgehead atoms. The average molecular weight is 245 g/mol. The predicted octanol–water partition coefficient (Wildman–Crippen LogP) is 3.91. The zero-order valence-electron chi connectivity index (χ0n) is 12.0. The molecule has 1 aliphatic heterocycles. The molecule has 18 heavy (non-hydrogen) atoms. The topological polar surface area (TPSA) is 3.24 Å². The molecular formula is C17H27N. The van der Waals surface area contributed by atoms with Crippen LogP contribution in [0.3, 0.4) is 0 Å². The third-order valence-electron chi connectivity index (χ3n) is 4.03. The van der Waals surface area contributed by atoms with Gasteiger partial charge in [0, 0.05) is 6.54 Å². The zero-order valence-corrected chi connectivity index (χ0v) is 12.0. The number of benzene rings is 1. The molecule has 1 heterocycles. The van der Waals surface area contributed by atoms with Crippen LogP contribution in [0.1, 0.15) is 44.2 Å². The van der Waals surface area contributed by atoms with Crippen molar-refractivity contribution in [1.82, 2.24) is 4.90 Å². The maximum atomic E-state index is 2.65. The van der Waals surface area contributed by atoms with Crippen LogP contribution in [0.25, 0.3) is 0 Å². The van der Waals surface area contributed by atoms with E-state index in [2.05, 4.69) is 43.0 Å². The van der Waals surface area contributed by atoms with Crippen molar-refractivity contribution in [2.24, 2.45) is 5.92 Å². The fraction of sp³-hybridized carbons (Fsp3) is 0.647. The van der Waals surface area contributed by atoms with Gasteiger partial charge in [-0.3, -0.25) is 0 Å². The van der Waals surface area contributed by atoms with E-state index in [1.165, 1.54) is 56.4 Å². The van der Waals surface area contributed by atoms with E-state index in [4.69, 9.17) is 0 Å². The quantitative estimate of drug-likeness (QED) is 0.760. The monoisotopic (exact) mass is 245 g/mol. The van der Waals surface area contributed by atoms with Crippen molar-refractivity contribution in [3.05, 3.63) is 35.4 Å². The molecule has 1 aromatic carbocycles. The Labute approximate surface area is 112 Å². The Bertz CT molecular complexity index is 335. The van der Waals surface area contributed by atoms with Gasteiger partial charge >= 0.3 is 0 Å². The van der Waals surface area contributed by atoms with E-state index in [1.54, 1.807) is 0 Å². The lowest BCUT2D eigenvalue weighted by molar-refractivity contribution is 0.200. The van der Waals surface area contributed by atoms with Crippen molar-refractivity contribution in [3.63, 3.8) is 0 Å². The van der Waals surface area contributed by atoms with E-state index in [9.17, 15) is 0 Å². The number of nitrogens with zero attached hydrogens (tertiary/aromatic N) is 1. The van der Waals surface area contributed by atoms with E-state index in [0.29, 0.717) is 0 Å². The third kappa shape index (κ3) is 4.13. The molecule has 100 valence electrons. The predicted molar refractivity (Wildman–Crippen MR) is 79.0 cm³/mol. The average Bonchev–Trinajstić information content (AvgIpc) is 2.40. The second-order valence-corrected chi connectivity index (χ2v) is 5.84. The second kappa shape index (κ2) is 6.94. The molecule has 1 aliphatic rings. The lowest BCUT2D eigenvalue weighted by atomic mass is 9.98. The summed E-state index contributed by atoms with van der Waals surface area (Å²) in [6.45, 7) is 8.52. The van der Waals surface area contributed by atoms with Gasteiger partial charge in [0.05, 0.1) is 0 Å². The second-order valence-electron chi connectivity index (χ2n) is 5.84. The molecule has 1 aromatic rings. The maximum Gasteiger partial charge on any atom is 0.00102 e. The van der Waals surface area contributed by atoms with E-state index in [0.717, 1.165) is 12.3 Å². The van der Waals surface area contributed by atoms with Crippen molar-refractivity contribution in [2.45, 2.75) is 46.0 Å². The summed E-state index contributed by atoms with van der Waals surface area (Å²) in [4.78, 5) is 2.65. The van der Waals surface area contributed by atoms with Gasteiger partial charge in [-0.25, -0.2) is 0 Å². The van der Waals surface area contributed by atoms with Crippen LogP contribution in [0.15, 0.2) is 24.3 Å². The Kier molecular flexibility index (Phi) is 5.25. The Hall–Kier alpha value is -0.820. The summed E-state index contributed by atoms with van der Waals surface area (Å²) in [7, 11) is 0. The SMILES string of the molecule is CCc1ccc(CC(C)CN2CCCCC2)cc1. The zero-order chi connectivity index (χ0) is 12.8. The summed E-state index contributed by atoms with van der Waals surface area (Å²) < 4.78 is 0. The highest BCUT2D eigenvalue weighted by Gasteiger charge is 2.13. The molecule has 0 spiro atoms. The number of piperidine rings is 1. The number of aryl methyl sites for hydroxylation is 1. The van der Waals surface area contributed by atoms with Crippen molar-refractivity contribution in [2.75, 3.05) is 19.6 Å². The number of likely N-dealkylation sites (tertiary alicyclic amines) is 1. The summed E-state index contributed by atoms with van der Waals surface area (Å²) in [5, 5.41) is 0. The number of hydrogen-bond donors (Lipinski definition) is 0. The Morgan fingerprint density at radius 3 is 2.22 bits per heavy atom. The van der Waals surface area contributed by atoms with Crippen LogP contribution < -0.4 is 0 Å². The van der Waals surface area contributed by atoms with Crippen molar-refractivity contribution in [1.29, 1.82) is 0 Å². The first-order chi connectivity index (χ1) is 8.78. The normalized spacial score (nSPS) is 18.8. The molecule has 1 atom stereocenters. The molecular weight excluding hydrogens is 218 g/mol. The van der Waals surface area contributed by atoms with Crippen LogP contribution in [0.4, 0.5) is 0 Å². The standard InChI is InChI=1S/C17H27N/c1-3-16-7-9-17(10-8-16)13-15(2)14-18-11-5-4-6-12-18/h7-10,15H,3-6,11-14H2,1-2H3. The minimum atomic E-state index is 0.774. The highest BCUT2D eigenvalue weighted by Crippen LogP contribution is 2.15. The summed E-state index contributed by atoms with van der Waals surface area (Å²) in [5.41, 5.74) is 2.94. The first-order valence-corrected chi connectivity index (χ1v) is 7.58. The Morgan fingerprint density at radius 1 is 1.00 bits per heavy atom. The molecule has 0 radical (unpaired) electrons. The van der Waals surface area contributed by atoms with Crippen LogP contribution in [0, 0.1) is 5.92 Å². The van der Waals surface area contributed by atoms with E-state index < -0.39 is 0 Å². The Balaban J connectivity index is 1.80. The van der Waals surface area contributed by atoms with Gasteiger partial charge in [-0.05, 0) is 55.8 Å². The number of hydrogen-bond acceptors (Lipinski definition) is 1. The smallest absolute Gasteiger partial charge is 0.00102 e. The minimum absolute atomic E-state index is 0.774. The van der Waals surface area contributed by atoms with E-state index >= 15 is 0 Å². The van der Waals surface area contributed by atoms with Crippen LogP contribution in [0.2, 0.25) is 0 Å². The molecule has 1 heteroatoms. The van der Waals surface area contributed by atoms with Gasteiger partial charge in [0.15, 0.2) is 0 Å². The van der Waals surface area contributed by atoms with Gasteiger partial charge in [0.2, 0.25) is 0 Å². The van der Waals surface area contributed by atoms with Gasteiger partial charge in [-0.15, -0.1) is 0 Å². The molecule has 1 unspecified atom stereocenters. The van der Waals surface area contributed by atoms with Gasteiger partial charge < -0.3 is 4.90 Å². The van der Waals surface area contributed by atoms with Gasteiger partial charge in [-0.2, -0.15) is 0 Å². The lowest BCUT2D eigenvalue weighted by Gasteiger charge is -2.29. The van der Waals surface area contributed by atoms with Crippen molar-refractivity contribution < 1.29 is 0 Å². The third-order valence-corrected chi connectivity index (χ3v) is 4.03. The van der Waals surface area contributed by atoms with Gasteiger partial charge in [0.1, 0.15) is 0 Å². The molecule has 0 saturated carbocycles. The molecule has 1 fully saturated rings. The maximum absolute atomic E-state index is 2.65. The fourth-order valence-electron chi connectivity index (χ4n) is 2.96. The van der Waals surface area contributed by atoms with Gasteiger partial charge in [-0.1, -0.05) is 44.5 Å². The van der Waals surface area contributed by atoms with E-state index in [-0.39, 0.29) is 0 Å². The number of rotatable bonds is 5. The van der Waals surface area contributed by atoms with Crippen LogP contribution in [-0.2, 0) is 12.8 Å². The molecule has 1 saturated heterocycles. The molecule has 0 aliphatic carbocycles. The minimum Gasteiger partial charge on any atom is -0.303 e. The summed E-state index contributed by atoms with van der Waals surface area (Å²) >= 11 is 0. The highest BCUT2D eigenvalue weighted by molar-refractivity contribution is 5.22. The van der Waals surface area contributed by atoms with Gasteiger partial charge in [0.25, 0.3) is 0 Å². The van der Waals surface area contributed by atoms with E-state index in [1.807, 2.05) is 0 Å².